The summed E-state index contributed by atoms with van der Waals surface area (Å²) in [6, 6.07) is 3.55. The van der Waals surface area contributed by atoms with Gasteiger partial charge in [0, 0.05) is 6.42 Å². The van der Waals surface area contributed by atoms with Crippen LogP contribution in [0.25, 0.3) is 11.0 Å². The molecule has 2 N–H and O–H groups in total. The van der Waals surface area contributed by atoms with Gasteiger partial charge in [-0.2, -0.15) is 8.75 Å². The number of hydrogen-bond acceptors (Lipinski definition) is 5. The summed E-state index contributed by atoms with van der Waals surface area (Å²) in [4.78, 5) is 12.1. The highest BCUT2D eigenvalue weighted by Crippen LogP contribution is 2.30. The Morgan fingerprint density at radius 2 is 2.38 bits per heavy atom. The van der Waals surface area contributed by atoms with Crippen LogP contribution in [0.1, 0.15) is 25.7 Å². The third-order valence-electron chi connectivity index (χ3n) is 3.82. The van der Waals surface area contributed by atoms with Gasteiger partial charge in [0.1, 0.15) is 11.0 Å². The first-order chi connectivity index (χ1) is 10.2. The highest BCUT2D eigenvalue weighted by Gasteiger charge is 2.16. The zero-order chi connectivity index (χ0) is 14.7. The van der Waals surface area contributed by atoms with Crippen molar-refractivity contribution in [3.05, 3.63) is 17.2 Å². The van der Waals surface area contributed by atoms with Gasteiger partial charge in [-0.15, -0.1) is 0 Å². The third-order valence-corrected chi connectivity index (χ3v) is 4.68. The number of halogens is 1. The largest absolute Gasteiger partial charge is 0.323 e. The maximum Gasteiger partial charge on any atom is 0.224 e. The van der Waals surface area contributed by atoms with Crippen molar-refractivity contribution in [1.82, 2.24) is 14.1 Å². The molecule has 1 aromatic carbocycles. The number of anilines is 1. The Morgan fingerprint density at radius 1 is 1.48 bits per heavy atom. The van der Waals surface area contributed by atoms with Crippen LogP contribution in [0.4, 0.5) is 5.69 Å². The number of aromatic nitrogens is 2. The van der Waals surface area contributed by atoms with Gasteiger partial charge in [-0.25, -0.2) is 0 Å². The van der Waals surface area contributed by atoms with E-state index >= 15 is 0 Å². The lowest BCUT2D eigenvalue weighted by Gasteiger charge is -2.22. The van der Waals surface area contributed by atoms with E-state index in [0.29, 0.717) is 28.6 Å². The monoisotopic (exact) mass is 324 g/mol. The van der Waals surface area contributed by atoms with Gasteiger partial charge < -0.3 is 10.6 Å². The van der Waals surface area contributed by atoms with E-state index in [2.05, 4.69) is 19.4 Å². The Labute approximate surface area is 132 Å². The van der Waals surface area contributed by atoms with Crippen LogP contribution in [-0.4, -0.2) is 27.7 Å². The van der Waals surface area contributed by atoms with Gasteiger partial charge in [-0.05, 0) is 50.4 Å². The summed E-state index contributed by atoms with van der Waals surface area (Å²) in [5.74, 6) is 0.583. The molecule has 1 saturated heterocycles. The van der Waals surface area contributed by atoms with Crippen LogP contribution in [0, 0.1) is 5.92 Å². The summed E-state index contributed by atoms with van der Waals surface area (Å²) in [7, 11) is 0. The molecule has 0 aliphatic carbocycles. The van der Waals surface area contributed by atoms with Crippen LogP contribution >= 0.6 is 23.3 Å². The van der Waals surface area contributed by atoms with E-state index < -0.39 is 0 Å². The number of rotatable bonds is 4. The number of carbonyl (C=O) groups is 1. The Hall–Kier alpha value is -1.24. The predicted molar refractivity (Wildman–Crippen MR) is 85.9 cm³/mol. The molecule has 0 radical (unpaired) electrons. The van der Waals surface area contributed by atoms with Gasteiger partial charge >= 0.3 is 0 Å². The molecule has 1 amide bonds. The normalized spacial score (nSPS) is 18.8. The number of amides is 1. The number of benzene rings is 1. The molecule has 1 atom stereocenters. The number of nitrogens with zero attached hydrogens (tertiary/aromatic N) is 2. The predicted octanol–water partition coefficient (Wildman–Crippen LogP) is 3.06. The molecule has 1 fully saturated rings. The summed E-state index contributed by atoms with van der Waals surface area (Å²) >= 11 is 7.29. The summed E-state index contributed by atoms with van der Waals surface area (Å²) in [6.07, 6.45) is 3.81. The number of fused-ring (bicyclic) bond motifs is 1. The fourth-order valence-corrected chi connectivity index (χ4v) is 3.40. The van der Waals surface area contributed by atoms with Crippen molar-refractivity contribution < 1.29 is 4.79 Å². The van der Waals surface area contributed by atoms with Gasteiger partial charge in [-0.3, -0.25) is 4.79 Å². The summed E-state index contributed by atoms with van der Waals surface area (Å²) in [5, 5.41) is 6.76. The van der Waals surface area contributed by atoms with Crippen LogP contribution in [0.3, 0.4) is 0 Å². The first-order valence-electron chi connectivity index (χ1n) is 7.15. The SMILES string of the molecule is O=C(CCC1CCCNC1)Nc1c(Cl)ccc2nsnc12. The number of carbonyl (C=O) groups excluding carboxylic acids is 1. The zero-order valence-corrected chi connectivity index (χ0v) is 13.1. The second kappa shape index (κ2) is 6.68. The first kappa shape index (κ1) is 14.7. The van der Waals surface area contributed by atoms with Crippen molar-refractivity contribution in [3.63, 3.8) is 0 Å². The fourth-order valence-electron chi connectivity index (χ4n) is 2.65. The molecule has 1 aliphatic rings. The van der Waals surface area contributed by atoms with Crippen molar-refractivity contribution in [2.75, 3.05) is 18.4 Å². The van der Waals surface area contributed by atoms with E-state index in [1.807, 2.05) is 6.07 Å². The fraction of sp³-hybridized carbons (Fsp3) is 0.500. The molecule has 0 bridgehead atoms. The second-order valence-corrected chi connectivity index (χ2v) is 6.29. The molecule has 5 nitrogen and oxygen atoms in total. The van der Waals surface area contributed by atoms with Crippen LogP contribution in [-0.2, 0) is 4.79 Å². The van der Waals surface area contributed by atoms with Crippen molar-refractivity contribution >= 4 is 46.0 Å². The van der Waals surface area contributed by atoms with Gasteiger partial charge in [0.2, 0.25) is 5.91 Å². The van der Waals surface area contributed by atoms with Crippen molar-refractivity contribution in [2.24, 2.45) is 5.92 Å². The highest BCUT2D eigenvalue weighted by atomic mass is 35.5. The molecule has 0 saturated carbocycles. The van der Waals surface area contributed by atoms with Crippen molar-refractivity contribution in [2.45, 2.75) is 25.7 Å². The topological polar surface area (TPSA) is 66.9 Å². The molecule has 1 aliphatic heterocycles. The Morgan fingerprint density at radius 3 is 3.19 bits per heavy atom. The summed E-state index contributed by atoms with van der Waals surface area (Å²) in [5.41, 5.74) is 2.01. The summed E-state index contributed by atoms with van der Waals surface area (Å²) in [6.45, 7) is 2.11. The van der Waals surface area contributed by atoms with Crippen molar-refractivity contribution in [1.29, 1.82) is 0 Å². The standard InChI is InChI=1S/C14H17ClN4OS/c15-10-4-5-11-14(19-21-18-11)13(10)17-12(20)6-3-9-2-1-7-16-8-9/h4-5,9,16H,1-3,6-8H2,(H,17,20). The van der Waals surface area contributed by atoms with Crippen LogP contribution in [0.15, 0.2) is 12.1 Å². The average molecular weight is 325 g/mol. The number of piperidine rings is 1. The lowest BCUT2D eigenvalue weighted by atomic mass is 9.94. The zero-order valence-electron chi connectivity index (χ0n) is 11.6. The minimum absolute atomic E-state index is 0.0111. The van der Waals surface area contributed by atoms with Crippen LogP contribution in [0.2, 0.25) is 5.02 Å². The van der Waals surface area contributed by atoms with E-state index in [0.717, 1.165) is 36.8 Å². The van der Waals surface area contributed by atoms with E-state index in [1.54, 1.807) is 6.07 Å². The highest BCUT2D eigenvalue weighted by molar-refractivity contribution is 7.00. The maximum atomic E-state index is 12.1. The molecule has 7 heteroatoms. The second-order valence-electron chi connectivity index (χ2n) is 5.35. The molecule has 1 aromatic heterocycles. The molecule has 2 heterocycles. The Kier molecular flexibility index (Phi) is 4.67. The molecular weight excluding hydrogens is 308 g/mol. The molecule has 2 aromatic rings. The van der Waals surface area contributed by atoms with E-state index in [4.69, 9.17) is 11.6 Å². The first-order valence-corrected chi connectivity index (χ1v) is 8.26. The average Bonchev–Trinajstić information content (AvgIpc) is 2.98. The van der Waals surface area contributed by atoms with Crippen molar-refractivity contribution in [3.8, 4) is 0 Å². The molecule has 1 unspecified atom stereocenters. The molecule has 112 valence electrons. The van der Waals surface area contributed by atoms with E-state index in [9.17, 15) is 4.79 Å². The van der Waals surface area contributed by atoms with Crippen LogP contribution in [0.5, 0.6) is 0 Å². The Bertz CT molecular complexity index is 639. The molecular formula is C14H17ClN4OS. The molecule has 0 spiro atoms. The number of hydrogen-bond donors (Lipinski definition) is 2. The molecule has 21 heavy (non-hydrogen) atoms. The van der Waals surface area contributed by atoms with Gasteiger partial charge in [0.25, 0.3) is 0 Å². The quantitative estimate of drug-likeness (QED) is 0.907. The smallest absolute Gasteiger partial charge is 0.224 e. The van der Waals surface area contributed by atoms with Crippen LogP contribution < -0.4 is 10.6 Å². The summed E-state index contributed by atoms with van der Waals surface area (Å²) < 4.78 is 8.36. The third kappa shape index (κ3) is 3.51. The number of nitrogens with one attached hydrogen (secondary N) is 2. The van der Waals surface area contributed by atoms with E-state index in [1.165, 1.54) is 12.8 Å². The minimum atomic E-state index is -0.0111. The maximum absolute atomic E-state index is 12.1. The Balaban J connectivity index is 1.63. The molecule has 3 rings (SSSR count). The lowest BCUT2D eigenvalue weighted by Crippen LogP contribution is -2.30. The minimum Gasteiger partial charge on any atom is -0.323 e. The van der Waals surface area contributed by atoms with E-state index in [-0.39, 0.29) is 5.91 Å². The lowest BCUT2D eigenvalue weighted by molar-refractivity contribution is -0.116. The van der Waals surface area contributed by atoms with Gasteiger partial charge in [0.15, 0.2) is 0 Å². The van der Waals surface area contributed by atoms with Gasteiger partial charge in [-0.1, -0.05) is 11.6 Å². The van der Waals surface area contributed by atoms with Gasteiger partial charge in [0.05, 0.1) is 22.4 Å².